The zero-order chi connectivity index (χ0) is 9.87. The monoisotopic (exact) mass is 188 g/mol. The highest BCUT2D eigenvalue weighted by Gasteiger charge is 2.54. The SMILES string of the molecule is CC(C)=C1C2CCC1C1C(=O)C=CC21. The molecule has 0 spiro atoms. The number of rotatable bonds is 0. The molecule has 0 saturated heterocycles. The van der Waals surface area contributed by atoms with Crippen LogP contribution in [0.2, 0.25) is 0 Å². The number of allylic oxidation sites excluding steroid dienone is 4. The molecule has 3 aliphatic carbocycles. The fraction of sp³-hybridized carbons (Fsp3) is 0.615. The average molecular weight is 188 g/mol. The summed E-state index contributed by atoms with van der Waals surface area (Å²) < 4.78 is 0. The van der Waals surface area contributed by atoms with Gasteiger partial charge < -0.3 is 0 Å². The minimum Gasteiger partial charge on any atom is -0.295 e. The van der Waals surface area contributed by atoms with Crippen molar-refractivity contribution in [2.45, 2.75) is 26.7 Å². The van der Waals surface area contributed by atoms with Crippen molar-refractivity contribution >= 4 is 5.78 Å². The standard InChI is InChI=1S/C13H16O/c1-7(2)12-8-3-4-10(12)13-9(8)5-6-11(13)14/h5-6,8-10,13H,3-4H2,1-2H3. The minimum absolute atomic E-state index is 0.332. The molecule has 74 valence electrons. The van der Waals surface area contributed by atoms with Gasteiger partial charge in [0.05, 0.1) is 0 Å². The molecule has 0 radical (unpaired) electrons. The largest absolute Gasteiger partial charge is 0.295 e. The first-order valence-electron chi connectivity index (χ1n) is 5.59. The molecule has 0 aromatic carbocycles. The molecule has 2 saturated carbocycles. The summed E-state index contributed by atoms with van der Waals surface area (Å²) in [4.78, 5) is 11.7. The van der Waals surface area contributed by atoms with E-state index < -0.39 is 0 Å². The summed E-state index contributed by atoms with van der Waals surface area (Å²) in [5.41, 5.74) is 3.09. The van der Waals surface area contributed by atoms with Gasteiger partial charge in [-0.3, -0.25) is 4.79 Å². The van der Waals surface area contributed by atoms with Crippen molar-refractivity contribution in [2.75, 3.05) is 0 Å². The Bertz CT molecular complexity index is 357. The zero-order valence-corrected chi connectivity index (χ0v) is 8.79. The van der Waals surface area contributed by atoms with E-state index in [2.05, 4.69) is 19.9 Å². The van der Waals surface area contributed by atoms with Crippen LogP contribution < -0.4 is 0 Å². The number of hydrogen-bond acceptors (Lipinski definition) is 1. The smallest absolute Gasteiger partial charge is 0.159 e. The second-order valence-corrected chi connectivity index (χ2v) is 5.11. The number of fused-ring (bicyclic) bond motifs is 5. The van der Waals surface area contributed by atoms with Crippen LogP contribution in [0.4, 0.5) is 0 Å². The fourth-order valence-electron chi connectivity index (χ4n) is 3.94. The summed E-state index contributed by atoms with van der Waals surface area (Å²) in [5, 5.41) is 0. The lowest BCUT2D eigenvalue weighted by atomic mass is 9.81. The first kappa shape index (κ1) is 8.46. The second-order valence-electron chi connectivity index (χ2n) is 5.11. The third-order valence-corrected chi connectivity index (χ3v) is 4.29. The lowest BCUT2D eigenvalue weighted by molar-refractivity contribution is -0.119. The third kappa shape index (κ3) is 0.832. The summed E-state index contributed by atoms with van der Waals surface area (Å²) in [6.45, 7) is 4.41. The number of carbonyl (C=O) groups is 1. The predicted molar refractivity (Wildman–Crippen MR) is 55.7 cm³/mol. The summed E-state index contributed by atoms with van der Waals surface area (Å²) in [6.07, 6.45) is 6.55. The van der Waals surface area contributed by atoms with Gasteiger partial charge in [-0.2, -0.15) is 0 Å². The quantitative estimate of drug-likeness (QED) is 0.534. The Morgan fingerprint density at radius 3 is 2.64 bits per heavy atom. The van der Waals surface area contributed by atoms with Crippen LogP contribution in [0.1, 0.15) is 26.7 Å². The van der Waals surface area contributed by atoms with Crippen LogP contribution in [-0.2, 0) is 4.79 Å². The van der Waals surface area contributed by atoms with E-state index in [1.54, 1.807) is 5.57 Å². The molecule has 3 aliphatic rings. The Morgan fingerprint density at radius 2 is 2.00 bits per heavy atom. The topological polar surface area (TPSA) is 17.1 Å². The van der Waals surface area contributed by atoms with E-state index >= 15 is 0 Å². The van der Waals surface area contributed by atoms with Gasteiger partial charge in [-0.05, 0) is 50.5 Å². The van der Waals surface area contributed by atoms with E-state index in [1.165, 1.54) is 18.4 Å². The van der Waals surface area contributed by atoms with Crippen LogP contribution in [0.5, 0.6) is 0 Å². The van der Waals surface area contributed by atoms with Crippen molar-refractivity contribution < 1.29 is 4.79 Å². The Hall–Kier alpha value is -0.850. The summed E-state index contributed by atoms with van der Waals surface area (Å²) >= 11 is 0. The number of carbonyl (C=O) groups excluding carboxylic acids is 1. The van der Waals surface area contributed by atoms with Crippen molar-refractivity contribution in [3.63, 3.8) is 0 Å². The molecular formula is C13H16O. The molecule has 14 heavy (non-hydrogen) atoms. The summed E-state index contributed by atoms with van der Waals surface area (Å²) in [5.74, 6) is 2.58. The van der Waals surface area contributed by atoms with Crippen LogP contribution in [0.15, 0.2) is 23.3 Å². The van der Waals surface area contributed by atoms with Crippen molar-refractivity contribution in [1.82, 2.24) is 0 Å². The van der Waals surface area contributed by atoms with Gasteiger partial charge in [0.25, 0.3) is 0 Å². The first-order valence-corrected chi connectivity index (χ1v) is 5.59. The normalized spacial score (nSPS) is 43.6. The highest BCUT2D eigenvalue weighted by Crippen LogP contribution is 2.59. The highest BCUT2D eigenvalue weighted by atomic mass is 16.1. The fourth-order valence-corrected chi connectivity index (χ4v) is 3.94. The molecule has 0 aliphatic heterocycles. The van der Waals surface area contributed by atoms with Crippen molar-refractivity contribution in [3.8, 4) is 0 Å². The van der Waals surface area contributed by atoms with Crippen LogP contribution in [0, 0.1) is 23.7 Å². The van der Waals surface area contributed by atoms with Crippen molar-refractivity contribution in [3.05, 3.63) is 23.3 Å². The second kappa shape index (κ2) is 2.59. The van der Waals surface area contributed by atoms with E-state index in [9.17, 15) is 4.79 Å². The predicted octanol–water partition coefficient (Wildman–Crippen LogP) is 2.73. The maximum atomic E-state index is 11.7. The Labute approximate surface area is 84.9 Å². The highest BCUT2D eigenvalue weighted by molar-refractivity contribution is 5.96. The van der Waals surface area contributed by atoms with Gasteiger partial charge in [0.15, 0.2) is 5.78 Å². The van der Waals surface area contributed by atoms with E-state index in [0.717, 1.165) is 0 Å². The van der Waals surface area contributed by atoms with Crippen molar-refractivity contribution in [1.29, 1.82) is 0 Å². The Balaban J connectivity index is 2.09. The Kier molecular flexibility index (Phi) is 1.56. The van der Waals surface area contributed by atoms with E-state index in [1.807, 2.05) is 6.08 Å². The minimum atomic E-state index is 0.332. The van der Waals surface area contributed by atoms with Crippen molar-refractivity contribution in [2.24, 2.45) is 23.7 Å². The van der Waals surface area contributed by atoms with Crippen LogP contribution in [0.3, 0.4) is 0 Å². The summed E-state index contributed by atoms with van der Waals surface area (Å²) in [7, 11) is 0. The van der Waals surface area contributed by atoms with E-state index in [0.29, 0.717) is 29.5 Å². The molecule has 1 heteroatoms. The number of ketones is 1. The molecule has 4 unspecified atom stereocenters. The third-order valence-electron chi connectivity index (χ3n) is 4.29. The summed E-state index contributed by atoms with van der Waals surface area (Å²) in [6, 6.07) is 0. The van der Waals surface area contributed by atoms with Gasteiger partial charge in [0.1, 0.15) is 0 Å². The Morgan fingerprint density at radius 1 is 1.29 bits per heavy atom. The number of hydrogen-bond donors (Lipinski definition) is 0. The maximum absolute atomic E-state index is 11.7. The van der Waals surface area contributed by atoms with Crippen LogP contribution >= 0.6 is 0 Å². The van der Waals surface area contributed by atoms with Gasteiger partial charge in [-0.1, -0.05) is 17.2 Å². The molecule has 0 heterocycles. The molecular weight excluding hydrogens is 172 g/mol. The van der Waals surface area contributed by atoms with Crippen LogP contribution in [-0.4, -0.2) is 5.78 Å². The first-order chi connectivity index (χ1) is 6.70. The van der Waals surface area contributed by atoms with E-state index in [-0.39, 0.29) is 0 Å². The van der Waals surface area contributed by atoms with Gasteiger partial charge in [-0.15, -0.1) is 0 Å². The van der Waals surface area contributed by atoms with Crippen LogP contribution in [0.25, 0.3) is 0 Å². The zero-order valence-electron chi connectivity index (χ0n) is 8.79. The molecule has 0 amide bonds. The lowest BCUT2D eigenvalue weighted by Crippen LogP contribution is -2.22. The average Bonchev–Trinajstić information content (AvgIpc) is 2.74. The maximum Gasteiger partial charge on any atom is 0.159 e. The lowest BCUT2D eigenvalue weighted by Gasteiger charge is -2.21. The molecule has 3 rings (SSSR count). The molecule has 0 N–H and O–H groups in total. The molecule has 0 aromatic heterocycles. The van der Waals surface area contributed by atoms with Gasteiger partial charge in [0.2, 0.25) is 0 Å². The van der Waals surface area contributed by atoms with E-state index in [4.69, 9.17) is 0 Å². The molecule has 2 bridgehead atoms. The van der Waals surface area contributed by atoms with Gasteiger partial charge in [0, 0.05) is 5.92 Å². The van der Waals surface area contributed by atoms with Gasteiger partial charge in [-0.25, -0.2) is 0 Å². The van der Waals surface area contributed by atoms with Gasteiger partial charge >= 0.3 is 0 Å². The molecule has 2 fully saturated rings. The molecule has 0 aromatic rings. The molecule has 1 nitrogen and oxygen atoms in total. The molecule has 4 atom stereocenters.